The third-order valence-corrected chi connectivity index (χ3v) is 5.73. The number of fused-ring (bicyclic) bond motifs is 1. The number of carbonyl (C=O) groups excluding carboxylic acids is 2. The number of aromatic amines is 1. The number of H-pyrrole nitrogens is 1. The van der Waals surface area contributed by atoms with Crippen LogP contribution in [0.2, 0.25) is 0 Å². The van der Waals surface area contributed by atoms with E-state index >= 15 is 0 Å². The maximum absolute atomic E-state index is 12.7. The van der Waals surface area contributed by atoms with Gasteiger partial charge in [0.1, 0.15) is 12.4 Å². The van der Waals surface area contributed by atoms with Crippen molar-refractivity contribution >= 4 is 11.8 Å². The largest absolute Gasteiger partial charge is 0.375 e. The second kappa shape index (κ2) is 7.42. The van der Waals surface area contributed by atoms with Crippen molar-refractivity contribution in [1.29, 1.82) is 0 Å². The molecule has 2 aliphatic heterocycles. The monoisotopic (exact) mass is 374 g/mol. The number of nitrogens with zero attached hydrogens (tertiary/aromatic N) is 3. The fourth-order valence-electron chi connectivity index (χ4n) is 4.10. The second-order valence-corrected chi connectivity index (χ2v) is 7.69. The van der Waals surface area contributed by atoms with Gasteiger partial charge in [0.05, 0.1) is 23.8 Å². The van der Waals surface area contributed by atoms with E-state index in [9.17, 15) is 14.4 Å². The number of carbonyl (C=O) groups is 2. The third kappa shape index (κ3) is 3.63. The van der Waals surface area contributed by atoms with Crippen molar-refractivity contribution in [1.82, 2.24) is 19.8 Å². The normalized spacial score (nSPS) is 22.5. The molecule has 0 bridgehead atoms. The minimum absolute atomic E-state index is 0.0317. The Bertz CT molecular complexity index is 801. The van der Waals surface area contributed by atoms with Crippen molar-refractivity contribution in [2.24, 2.45) is 5.92 Å². The molecule has 1 atom stereocenters. The number of aromatic nitrogens is 2. The van der Waals surface area contributed by atoms with Crippen LogP contribution >= 0.6 is 0 Å². The first-order chi connectivity index (χ1) is 13.1. The van der Waals surface area contributed by atoms with Gasteiger partial charge in [-0.3, -0.25) is 14.4 Å². The first-order valence-corrected chi connectivity index (χ1v) is 9.77. The van der Waals surface area contributed by atoms with Crippen molar-refractivity contribution in [3.8, 4) is 0 Å². The summed E-state index contributed by atoms with van der Waals surface area (Å²) < 4.78 is 4.99. The summed E-state index contributed by atoms with van der Waals surface area (Å²) in [6.07, 6.45) is 5.23. The van der Waals surface area contributed by atoms with E-state index in [1.807, 2.05) is 0 Å². The summed E-state index contributed by atoms with van der Waals surface area (Å²) in [7, 11) is 1.50. The van der Waals surface area contributed by atoms with Crippen LogP contribution in [0.1, 0.15) is 55.2 Å². The molecular formula is C19H26N4O4. The summed E-state index contributed by atoms with van der Waals surface area (Å²) in [5, 5.41) is 0. The van der Waals surface area contributed by atoms with Gasteiger partial charge in [0.15, 0.2) is 0 Å². The Labute approximate surface area is 157 Å². The predicted molar refractivity (Wildman–Crippen MR) is 96.9 cm³/mol. The molecule has 8 heteroatoms. The number of amides is 2. The van der Waals surface area contributed by atoms with Crippen LogP contribution in [0, 0.1) is 5.92 Å². The van der Waals surface area contributed by atoms with Gasteiger partial charge in [0.2, 0.25) is 11.8 Å². The Hall–Kier alpha value is -2.22. The summed E-state index contributed by atoms with van der Waals surface area (Å²) in [5.41, 5.74) is 1.16. The molecule has 1 aliphatic carbocycles. The zero-order valence-electron chi connectivity index (χ0n) is 15.7. The molecule has 0 unspecified atom stereocenters. The number of piperidine rings is 1. The summed E-state index contributed by atoms with van der Waals surface area (Å²) in [5.74, 6) is 0.793. The molecule has 27 heavy (non-hydrogen) atoms. The van der Waals surface area contributed by atoms with Crippen molar-refractivity contribution in [2.45, 2.75) is 51.1 Å². The Morgan fingerprint density at radius 2 is 2.04 bits per heavy atom. The summed E-state index contributed by atoms with van der Waals surface area (Å²) >= 11 is 0. The zero-order valence-corrected chi connectivity index (χ0v) is 15.7. The Morgan fingerprint density at radius 1 is 1.22 bits per heavy atom. The van der Waals surface area contributed by atoms with Gasteiger partial charge in [-0.25, -0.2) is 4.98 Å². The molecular weight excluding hydrogens is 348 g/mol. The first kappa shape index (κ1) is 18.2. The van der Waals surface area contributed by atoms with Gasteiger partial charge in [-0.1, -0.05) is 0 Å². The van der Waals surface area contributed by atoms with Gasteiger partial charge in [0, 0.05) is 32.5 Å². The van der Waals surface area contributed by atoms with Crippen molar-refractivity contribution < 1.29 is 14.3 Å². The van der Waals surface area contributed by atoms with Crippen LogP contribution in [-0.4, -0.2) is 58.4 Å². The van der Waals surface area contributed by atoms with Crippen LogP contribution in [-0.2, 0) is 27.3 Å². The van der Waals surface area contributed by atoms with Crippen LogP contribution in [0.25, 0.3) is 0 Å². The highest BCUT2D eigenvalue weighted by Gasteiger charge is 2.36. The lowest BCUT2D eigenvalue weighted by Crippen LogP contribution is -2.43. The topological polar surface area (TPSA) is 95.6 Å². The molecule has 4 rings (SSSR count). The molecule has 2 amide bonds. The van der Waals surface area contributed by atoms with Crippen molar-refractivity contribution in [3.05, 3.63) is 27.4 Å². The van der Waals surface area contributed by atoms with Crippen LogP contribution in [0.4, 0.5) is 0 Å². The molecule has 1 saturated carbocycles. The molecule has 2 fully saturated rings. The highest BCUT2D eigenvalue weighted by atomic mass is 16.5. The van der Waals surface area contributed by atoms with Crippen LogP contribution in [0.3, 0.4) is 0 Å². The van der Waals surface area contributed by atoms with Crippen LogP contribution in [0.5, 0.6) is 0 Å². The second-order valence-electron chi connectivity index (χ2n) is 7.69. The minimum atomic E-state index is -0.217. The number of hydrogen-bond donors (Lipinski definition) is 1. The van der Waals surface area contributed by atoms with Gasteiger partial charge in [-0.2, -0.15) is 0 Å². The Morgan fingerprint density at radius 3 is 2.78 bits per heavy atom. The van der Waals surface area contributed by atoms with Crippen molar-refractivity contribution in [2.75, 3.05) is 26.8 Å². The molecule has 0 aromatic carbocycles. The lowest BCUT2D eigenvalue weighted by atomic mass is 10.00. The van der Waals surface area contributed by atoms with Crippen LogP contribution in [0.15, 0.2) is 4.79 Å². The standard InChI is InChI=1S/C19H26N4O4/c1-27-11-16(24)23-8-3-2-4-15(23)17-20-14-7-9-22(19(26)12-5-6-12)10-13(14)18(25)21-17/h12,15H,2-11H2,1H3,(H,20,21,25)/t15-/m1/s1. The van der Waals surface area contributed by atoms with E-state index in [-0.39, 0.29) is 35.9 Å². The summed E-state index contributed by atoms with van der Waals surface area (Å²) in [6, 6.07) is -0.217. The lowest BCUT2D eigenvalue weighted by molar-refractivity contribution is -0.139. The number of hydrogen-bond acceptors (Lipinski definition) is 5. The number of rotatable bonds is 4. The Balaban J connectivity index is 1.58. The molecule has 1 N–H and O–H groups in total. The molecule has 0 spiro atoms. The predicted octanol–water partition coefficient (Wildman–Crippen LogP) is 0.765. The maximum atomic E-state index is 12.7. The fraction of sp³-hybridized carbons (Fsp3) is 0.684. The van der Waals surface area contributed by atoms with E-state index in [1.54, 1.807) is 9.80 Å². The molecule has 1 aromatic heterocycles. The van der Waals surface area contributed by atoms with E-state index in [0.717, 1.165) is 37.8 Å². The van der Waals surface area contributed by atoms with E-state index in [4.69, 9.17) is 9.72 Å². The van der Waals surface area contributed by atoms with Crippen molar-refractivity contribution in [3.63, 3.8) is 0 Å². The van der Waals surface area contributed by atoms with Gasteiger partial charge in [-0.05, 0) is 32.1 Å². The molecule has 3 aliphatic rings. The maximum Gasteiger partial charge on any atom is 0.256 e. The van der Waals surface area contributed by atoms with Gasteiger partial charge in [0.25, 0.3) is 5.56 Å². The average molecular weight is 374 g/mol. The van der Waals surface area contributed by atoms with Gasteiger partial charge < -0.3 is 19.5 Å². The SMILES string of the molecule is COCC(=O)N1CCCC[C@@H]1c1nc2c(c(=O)[nH]1)CN(C(=O)C1CC1)CC2. The van der Waals surface area contributed by atoms with Gasteiger partial charge >= 0.3 is 0 Å². The fourth-order valence-corrected chi connectivity index (χ4v) is 4.10. The highest BCUT2D eigenvalue weighted by molar-refractivity contribution is 5.81. The molecule has 0 radical (unpaired) electrons. The Kier molecular flexibility index (Phi) is 4.99. The third-order valence-electron chi connectivity index (χ3n) is 5.73. The molecule has 3 heterocycles. The quantitative estimate of drug-likeness (QED) is 0.840. The lowest BCUT2D eigenvalue weighted by Gasteiger charge is -2.35. The zero-order chi connectivity index (χ0) is 19.0. The van der Waals surface area contributed by atoms with Crippen LogP contribution < -0.4 is 5.56 Å². The smallest absolute Gasteiger partial charge is 0.256 e. The van der Waals surface area contributed by atoms with Gasteiger partial charge in [-0.15, -0.1) is 0 Å². The van der Waals surface area contributed by atoms with E-state index < -0.39 is 0 Å². The summed E-state index contributed by atoms with van der Waals surface area (Å²) in [4.78, 5) is 48.6. The van der Waals surface area contributed by atoms with E-state index in [2.05, 4.69) is 4.98 Å². The van der Waals surface area contributed by atoms with E-state index in [1.165, 1.54) is 7.11 Å². The number of nitrogens with one attached hydrogen (secondary N) is 1. The number of likely N-dealkylation sites (tertiary alicyclic amines) is 1. The molecule has 146 valence electrons. The molecule has 1 aromatic rings. The number of ether oxygens (including phenoxy) is 1. The average Bonchev–Trinajstić information content (AvgIpc) is 3.52. The highest BCUT2D eigenvalue weighted by Crippen LogP contribution is 2.33. The molecule has 1 saturated heterocycles. The number of methoxy groups -OCH3 is 1. The minimum Gasteiger partial charge on any atom is -0.375 e. The summed E-state index contributed by atoms with van der Waals surface area (Å²) in [6.45, 7) is 1.63. The van der Waals surface area contributed by atoms with E-state index in [0.29, 0.717) is 37.4 Å². The molecule has 8 nitrogen and oxygen atoms in total. The first-order valence-electron chi connectivity index (χ1n) is 9.77.